The monoisotopic (exact) mass is 520 g/mol. The normalized spacial score (nSPS) is 10.5. The van der Waals surface area contributed by atoms with E-state index < -0.39 is 17.8 Å². The van der Waals surface area contributed by atoms with Gasteiger partial charge in [-0.3, -0.25) is 10.2 Å². The molecule has 0 unspecified atom stereocenters. The lowest BCUT2D eigenvalue weighted by Gasteiger charge is -2.11. The lowest BCUT2D eigenvalue weighted by molar-refractivity contribution is 0.0374. The van der Waals surface area contributed by atoms with Gasteiger partial charge < -0.3 is 14.3 Å². The maximum atomic E-state index is 13.0. The Morgan fingerprint density at radius 2 is 1.50 bits per heavy atom. The summed E-state index contributed by atoms with van der Waals surface area (Å²) in [6.45, 7) is 0. The molecule has 1 amide bonds. The van der Waals surface area contributed by atoms with Gasteiger partial charge in [0.2, 0.25) is 5.76 Å². The van der Waals surface area contributed by atoms with Crippen molar-refractivity contribution in [1.82, 2.24) is 5.43 Å². The molecule has 170 valence electrons. The van der Waals surface area contributed by atoms with Gasteiger partial charge in [-0.25, -0.2) is 15.4 Å². The van der Waals surface area contributed by atoms with Crippen LogP contribution in [0.1, 0.15) is 31.3 Å². The highest BCUT2D eigenvalue weighted by molar-refractivity contribution is 9.10. The molecule has 4 aromatic rings. The molecule has 4 rings (SSSR count). The number of carbonyl (C=O) groups excluding carboxylic acids is 3. The molecule has 34 heavy (non-hydrogen) atoms. The number of furan rings is 1. The first-order valence-electron chi connectivity index (χ1n) is 9.93. The molecule has 0 aliphatic carbocycles. The fourth-order valence-corrected chi connectivity index (χ4v) is 3.97. The zero-order chi connectivity index (χ0) is 24.2. The highest BCUT2D eigenvalue weighted by Crippen LogP contribution is 2.37. The second-order valence-electron chi connectivity index (χ2n) is 7.06. The average Bonchev–Trinajstić information content (AvgIpc) is 3.31. The number of rotatable bonds is 5. The van der Waals surface area contributed by atoms with Gasteiger partial charge in [0, 0.05) is 11.1 Å². The molecule has 0 spiro atoms. The van der Waals surface area contributed by atoms with E-state index in [4.69, 9.17) is 15.0 Å². The van der Waals surface area contributed by atoms with Crippen LogP contribution in [0.25, 0.3) is 22.3 Å². The minimum Gasteiger partial charge on any atom is -0.507 e. The molecule has 0 saturated carbocycles. The van der Waals surface area contributed by atoms with Gasteiger partial charge in [-0.2, -0.15) is 0 Å². The van der Waals surface area contributed by atoms with Crippen molar-refractivity contribution in [2.45, 2.75) is 0 Å². The lowest BCUT2D eigenvalue weighted by Crippen LogP contribution is -2.32. The summed E-state index contributed by atoms with van der Waals surface area (Å²) in [5.74, 6) is 1.68. The predicted octanol–water partition coefficient (Wildman–Crippen LogP) is 4.68. The fourth-order valence-electron chi connectivity index (χ4n) is 3.44. The largest absolute Gasteiger partial charge is 0.507 e. The minimum atomic E-state index is -1.12. The number of carbonyl (C=O) groups is 3. The molecule has 0 saturated heterocycles. The number of benzene rings is 3. The van der Waals surface area contributed by atoms with Crippen LogP contribution in [-0.2, 0) is 4.74 Å². The fraction of sp³-hybridized carbons (Fsp3) is 0. The summed E-state index contributed by atoms with van der Waals surface area (Å²) in [7, 11) is 0. The molecular weight excluding hydrogens is 504 g/mol. The molecule has 8 nitrogen and oxygen atoms in total. The number of hydrogen-bond donors (Lipinski definition) is 3. The van der Waals surface area contributed by atoms with E-state index in [1.807, 2.05) is 54.0 Å². The van der Waals surface area contributed by atoms with Gasteiger partial charge in [0.15, 0.2) is 0 Å². The van der Waals surface area contributed by atoms with E-state index in [1.54, 1.807) is 12.1 Å². The number of nitrogens with two attached hydrogens (primary N) is 1. The van der Waals surface area contributed by atoms with Crippen LogP contribution in [0, 0.1) is 0 Å². The SMILES string of the molecule is NNC(=O)c1c(C(=O)OC(=O)c2occ(-c3ccccc3)c2-c2ccccc2)ccc(O)c1Br. The minimum absolute atomic E-state index is 0.0771. The Morgan fingerprint density at radius 3 is 2.12 bits per heavy atom. The average molecular weight is 521 g/mol. The summed E-state index contributed by atoms with van der Waals surface area (Å²) in [5.41, 5.74) is 3.91. The van der Waals surface area contributed by atoms with E-state index in [1.165, 1.54) is 12.3 Å². The molecule has 0 aliphatic heterocycles. The van der Waals surface area contributed by atoms with Crippen LogP contribution in [0.5, 0.6) is 5.75 Å². The van der Waals surface area contributed by atoms with Crippen molar-refractivity contribution in [1.29, 1.82) is 0 Å². The van der Waals surface area contributed by atoms with Crippen molar-refractivity contribution in [2.75, 3.05) is 0 Å². The van der Waals surface area contributed by atoms with Gasteiger partial charge in [0.1, 0.15) is 12.0 Å². The van der Waals surface area contributed by atoms with Crippen LogP contribution in [0.15, 0.2) is 87.9 Å². The topological polar surface area (TPSA) is 132 Å². The molecule has 1 aromatic heterocycles. The zero-order valence-corrected chi connectivity index (χ0v) is 19.0. The zero-order valence-electron chi connectivity index (χ0n) is 17.4. The number of hydrogen-bond acceptors (Lipinski definition) is 7. The van der Waals surface area contributed by atoms with Crippen molar-refractivity contribution in [3.05, 3.63) is 100 Å². The molecule has 0 fully saturated rings. The highest BCUT2D eigenvalue weighted by Gasteiger charge is 2.29. The maximum absolute atomic E-state index is 13.0. The molecule has 0 radical (unpaired) electrons. The molecule has 4 N–H and O–H groups in total. The summed E-state index contributed by atoms with van der Waals surface area (Å²) < 4.78 is 10.6. The van der Waals surface area contributed by atoms with Crippen molar-refractivity contribution in [3.8, 4) is 28.0 Å². The van der Waals surface area contributed by atoms with Crippen LogP contribution in [0.3, 0.4) is 0 Å². The summed E-state index contributed by atoms with van der Waals surface area (Å²) in [5, 5.41) is 9.88. The number of aromatic hydroxyl groups is 1. The molecule has 0 bridgehead atoms. The number of halogens is 1. The van der Waals surface area contributed by atoms with Gasteiger partial charge in [-0.1, -0.05) is 60.7 Å². The van der Waals surface area contributed by atoms with E-state index in [2.05, 4.69) is 15.9 Å². The Labute approximate surface area is 202 Å². The van der Waals surface area contributed by atoms with E-state index >= 15 is 0 Å². The predicted molar refractivity (Wildman–Crippen MR) is 127 cm³/mol. The maximum Gasteiger partial charge on any atom is 0.382 e. The van der Waals surface area contributed by atoms with E-state index in [0.717, 1.165) is 11.6 Å². The summed E-state index contributed by atoms with van der Waals surface area (Å²) in [6, 6.07) is 20.7. The molecule has 0 atom stereocenters. The first-order chi connectivity index (χ1) is 16.4. The third-order valence-electron chi connectivity index (χ3n) is 5.01. The molecule has 3 aromatic carbocycles. The van der Waals surface area contributed by atoms with Gasteiger partial charge >= 0.3 is 11.9 Å². The number of phenolic OH excluding ortho intramolecular Hbond substituents is 1. The standard InChI is InChI=1S/C25H17BrN2O6/c26-21-18(29)12-11-16(20(21)23(30)28-27)24(31)34-25(32)22-19(15-9-5-2-6-10-15)17(13-33-22)14-7-3-1-4-8-14/h1-13,29H,27H2,(H,28,30). The van der Waals surface area contributed by atoms with Crippen LogP contribution < -0.4 is 11.3 Å². The Hall–Kier alpha value is -4.21. The molecule has 9 heteroatoms. The number of phenols is 1. The number of amides is 1. The molecular formula is C25H17BrN2O6. The van der Waals surface area contributed by atoms with Crippen molar-refractivity contribution >= 4 is 33.8 Å². The van der Waals surface area contributed by atoms with Gasteiger partial charge in [-0.05, 0) is 39.2 Å². The lowest BCUT2D eigenvalue weighted by atomic mass is 9.97. The van der Waals surface area contributed by atoms with Crippen molar-refractivity contribution < 1.29 is 28.6 Å². The second-order valence-corrected chi connectivity index (χ2v) is 7.85. The van der Waals surface area contributed by atoms with E-state index in [-0.39, 0.29) is 27.1 Å². The van der Waals surface area contributed by atoms with E-state index in [9.17, 15) is 19.5 Å². The van der Waals surface area contributed by atoms with Crippen molar-refractivity contribution in [2.24, 2.45) is 5.84 Å². The first kappa shape index (κ1) is 23.0. The van der Waals surface area contributed by atoms with E-state index in [0.29, 0.717) is 16.7 Å². The second kappa shape index (κ2) is 9.74. The van der Waals surface area contributed by atoms with Crippen LogP contribution in [0.4, 0.5) is 0 Å². The van der Waals surface area contributed by atoms with Crippen LogP contribution >= 0.6 is 15.9 Å². The third-order valence-corrected chi connectivity index (χ3v) is 5.81. The molecule has 0 aliphatic rings. The Morgan fingerprint density at radius 1 is 0.882 bits per heavy atom. The number of hydrazine groups is 1. The summed E-state index contributed by atoms with van der Waals surface area (Å²) in [6.07, 6.45) is 1.42. The smallest absolute Gasteiger partial charge is 0.382 e. The van der Waals surface area contributed by atoms with Gasteiger partial charge in [-0.15, -0.1) is 0 Å². The van der Waals surface area contributed by atoms with Gasteiger partial charge in [0.05, 0.1) is 15.6 Å². The Bertz CT molecular complexity index is 1380. The van der Waals surface area contributed by atoms with Crippen LogP contribution in [0.2, 0.25) is 0 Å². The first-order valence-corrected chi connectivity index (χ1v) is 10.7. The molecule has 1 heterocycles. The quantitative estimate of drug-likeness (QED) is 0.114. The summed E-state index contributed by atoms with van der Waals surface area (Å²) in [4.78, 5) is 38.1. The Balaban J connectivity index is 1.74. The van der Waals surface area contributed by atoms with Crippen LogP contribution in [-0.4, -0.2) is 23.0 Å². The number of nitrogens with one attached hydrogen (secondary N) is 1. The highest BCUT2D eigenvalue weighted by atomic mass is 79.9. The third kappa shape index (κ3) is 4.34. The van der Waals surface area contributed by atoms with Gasteiger partial charge in [0.25, 0.3) is 5.91 Å². The number of esters is 2. The number of ether oxygens (including phenoxy) is 1. The van der Waals surface area contributed by atoms with Crippen molar-refractivity contribution in [3.63, 3.8) is 0 Å². The number of nitrogen functional groups attached to an aromatic ring is 1. The Kier molecular flexibility index (Phi) is 6.58. The summed E-state index contributed by atoms with van der Waals surface area (Å²) >= 11 is 3.05.